The molecule has 7 nitrogen and oxygen atoms in total. The molecule has 0 bridgehead atoms. The highest BCUT2D eigenvalue weighted by atomic mass is 35.5. The van der Waals surface area contributed by atoms with E-state index in [-0.39, 0.29) is 33.4 Å². The Balaban J connectivity index is 2.16. The van der Waals surface area contributed by atoms with Gasteiger partial charge in [0.25, 0.3) is 0 Å². The Morgan fingerprint density at radius 2 is 1.93 bits per heavy atom. The van der Waals surface area contributed by atoms with Crippen LogP contribution in [0.2, 0.25) is 10.0 Å². The highest BCUT2D eigenvalue weighted by Crippen LogP contribution is 2.36. The van der Waals surface area contributed by atoms with Gasteiger partial charge >= 0.3 is 6.03 Å². The first kappa shape index (κ1) is 19.2. The van der Waals surface area contributed by atoms with Crippen LogP contribution in [0.3, 0.4) is 0 Å². The number of carbonyl (C=O) groups is 2. The van der Waals surface area contributed by atoms with E-state index in [1.54, 1.807) is 6.07 Å². The highest BCUT2D eigenvalue weighted by molar-refractivity contribution is 7.79. The zero-order chi connectivity index (χ0) is 19.7. The molecule has 0 spiro atoms. The Morgan fingerprint density at radius 3 is 2.56 bits per heavy atom. The molecule has 1 aromatic heterocycles. The van der Waals surface area contributed by atoms with Crippen LogP contribution >= 0.6 is 23.2 Å². The maximum atomic E-state index is 12.9. The number of ketones is 1. The number of amides is 2. The number of nitrogens with two attached hydrogens (primary N) is 1. The Morgan fingerprint density at radius 1 is 1.19 bits per heavy atom. The van der Waals surface area contributed by atoms with Gasteiger partial charge in [0.05, 0.1) is 5.02 Å². The van der Waals surface area contributed by atoms with Crippen molar-refractivity contribution in [1.82, 2.24) is 0 Å². The molecule has 0 radical (unpaired) electrons. The lowest BCUT2D eigenvalue weighted by atomic mass is 10.1. The molecule has 140 valence electrons. The van der Waals surface area contributed by atoms with Gasteiger partial charge in [-0.25, -0.2) is 9.00 Å². The molecular formula is C17H12Cl2N2O5S. The van der Waals surface area contributed by atoms with Crippen molar-refractivity contribution in [1.29, 1.82) is 0 Å². The molecule has 1 unspecified atom stereocenters. The van der Waals surface area contributed by atoms with Crippen LogP contribution in [0.15, 0.2) is 40.8 Å². The topological polar surface area (TPSA) is 112 Å². The number of urea groups is 1. The Kier molecular flexibility index (Phi) is 5.41. The van der Waals surface area contributed by atoms with Crippen LogP contribution in [0.5, 0.6) is 5.75 Å². The van der Waals surface area contributed by atoms with Gasteiger partial charge in [-0.15, -0.1) is 0 Å². The standard InChI is InChI=1S/C17H12Cl2N2O5S/c1-27(24)26-9-3-5-11-13(7-9)25-16(14(11)21-17(20)23)15(22)10-4-2-8(18)6-12(10)19/h2-7H,1H3,(H3,20,21,23). The van der Waals surface area contributed by atoms with Crippen LogP contribution in [-0.4, -0.2) is 22.3 Å². The van der Waals surface area contributed by atoms with Gasteiger partial charge in [0, 0.05) is 28.3 Å². The maximum Gasteiger partial charge on any atom is 0.316 e. The number of rotatable bonds is 5. The van der Waals surface area contributed by atoms with E-state index in [0.717, 1.165) is 0 Å². The number of carbonyl (C=O) groups excluding carboxylic acids is 2. The van der Waals surface area contributed by atoms with Gasteiger partial charge in [0.2, 0.25) is 16.9 Å². The molecule has 1 atom stereocenters. The van der Waals surface area contributed by atoms with Crippen LogP contribution in [-0.2, 0) is 11.1 Å². The lowest BCUT2D eigenvalue weighted by Gasteiger charge is -2.05. The van der Waals surface area contributed by atoms with E-state index >= 15 is 0 Å². The minimum absolute atomic E-state index is 0.0951. The first-order valence-corrected chi connectivity index (χ1v) is 9.64. The first-order valence-electron chi connectivity index (χ1n) is 7.40. The fourth-order valence-electron chi connectivity index (χ4n) is 2.47. The monoisotopic (exact) mass is 426 g/mol. The predicted molar refractivity (Wildman–Crippen MR) is 104 cm³/mol. The van der Waals surface area contributed by atoms with Crippen molar-refractivity contribution in [3.63, 3.8) is 0 Å². The van der Waals surface area contributed by atoms with E-state index < -0.39 is 22.9 Å². The van der Waals surface area contributed by atoms with Crippen LogP contribution < -0.4 is 15.2 Å². The molecule has 10 heteroatoms. The Hall–Kier alpha value is -2.55. The molecule has 0 fully saturated rings. The third-order valence-electron chi connectivity index (χ3n) is 3.51. The molecular weight excluding hydrogens is 415 g/mol. The van der Waals surface area contributed by atoms with Crippen molar-refractivity contribution in [3.05, 3.63) is 57.8 Å². The summed E-state index contributed by atoms with van der Waals surface area (Å²) in [4.78, 5) is 24.3. The maximum absolute atomic E-state index is 12.9. The molecule has 3 N–H and O–H groups in total. The molecule has 2 amide bonds. The number of halogens is 2. The summed E-state index contributed by atoms with van der Waals surface area (Å²) < 4.78 is 22.0. The van der Waals surface area contributed by atoms with Crippen LogP contribution in [0.1, 0.15) is 16.1 Å². The van der Waals surface area contributed by atoms with Gasteiger partial charge in [-0.2, -0.15) is 0 Å². The first-order chi connectivity index (χ1) is 12.8. The van der Waals surface area contributed by atoms with E-state index in [0.29, 0.717) is 10.4 Å². The molecule has 0 saturated heterocycles. The summed E-state index contributed by atoms with van der Waals surface area (Å²) in [5, 5.41) is 3.30. The number of anilines is 1. The number of hydrogen-bond donors (Lipinski definition) is 2. The second-order valence-electron chi connectivity index (χ2n) is 5.39. The summed E-state index contributed by atoms with van der Waals surface area (Å²) in [7, 11) is 0. The fraction of sp³-hybridized carbons (Fsp3) is 0.0588. The average Bonchev–Trinajstić information content (AvgIpc) is 2.91. The molecule has 1 heterocycles. The van der Waals surface area contributed by atoms with Gasteiger partial charge in [0.15, 0.2) is 5.76 Å². The van der Waals surface area contributed by atoms with Crippen LogP contribution in [0, 0.1) is 0 Å². The van der Waals surface area contributed by atoms with E-state index in [1.165, 1.54) is 36.6 Å². The van der Waals surface area contributed by atoms with Gasteiger partial charge < -0.3 is 19.7 Å². The number of primary amides is 1. The molecule has 0 aliphatic carbocycles. The lowest BCUT2D eigenvalue weighted by Crippen LogP contribution is -2.20. The fourth-order valence-corrected chi connectivity index (χ4v) is 3.34. The minimum atomic E-state index is -1.54. The largest absolute Gasteiger partial charge is 0.450 e. The number of hydrogen-bond acceptors (Lipinski definition) is 5. The summed E-state index contributed by atoms with van der Waals surface area (Å²) in [6, 6.07) is 8.02. The number of benzene rings is 2. The summed E-state index contributed by atoms with van der Waals surface area (Å²) >= 11 is 10.4. The zero-order valence-corrected chi connectivity index (χ0v) is 16.1. The van der Waals surface area contributed by atoms with Crippen LogP contribution in [0.4, 0.5) is 10.5 Å². The van der Waals surface area contributed by atoms with Crippen molar-refractivity contribution in [3.8, 4) is 5.75 Å². The summed E-state index contributed by atoms with van der Waals surface area (Å²) in [6.45, 7) is 0. The van der Waals surface area contributed by atoms with Crippen molar-refractivity contribution in [2.45, 2.75) is 0 Å². The Bertz CT molecular complexity index is 1100. The quantitative estimate of drug-likeness (QED) is 0.595. The second kappa shape index (κ2) is 7.59. The third kappa shape index (κ3) is 4.08. The van der Waals surface area contributed by atoms with Crippen molar-refractivity contribution in [2.75, 3.05) is 11.6 Å². The third-order valence-corrected chi connectivity index (χ3v) is 4.48. The average molecular weight is 427 g/mol. The highest BCUT2D eigenvalue weighted by Gasteiger charge is 2.25. The minimum Gasteiger partial charge on any atom is -0.450 e. The molecule has 27 heavy (non-hydrogen) atoms. The van der Waals surface area contributed by atoms with Gasteiger partial charge in [0.1, 0.15) is 17.0 Å². The van der Waals surface area contributed by atoms with Crippen LogP contribution in [0.25, 0.3) is 11.0 Å². The second-order valence-corrected chi connectivity index (χ2v) is 7.20. The molecule has 3 rings (SSSR count). The van der Waals surface area contributed by atoms with Gasteiger partial charge in [-0.3, -0.25) is 4.79 Å². The SMILES string of the molecule is CS(=O)Oc1ccc2c(NC(N)=O)c(C(=O)c3ccc(Cl)cc3Cl)oc2c1. The normalized spacial score (nSPS) is 12.0. The van der Waals surface area contributed by atoms with E-state index in [2.05, 4.69) is 5.32 Å². The molecule has 0 saturated carbocycles. The van der Waals surface area contributed by atoms with Crippen molar-refractivity contribution < 1.29 is 22.4 Å². The van der Waals surface area contributed by atoms with E-state index in [4.69, 9.17) is 37.5 Å². The molecule has 0 aliphatic rings. The van der Waals surface area contributed by atoms with E-state index in [9.17, 15) is 13.8 Å². The molecule has 2 aromatic carbocycles. The summed E-state index contributed by atoms with van der Waals surface area (Å²) in [5.41, 5.74) is 5.68. The Labute approximate surface area is 166 Å². The lowest BCUT2D eigenvalue weighted by molar-refractivity contribution is 0.101. The van der Waals surface area contributed by atoms with E-state index in [1.807, 2.05) is 0 Å². The van der Waals surface area contributed by atoms with Gasteiger partial charge in [-0.05, 0) is 30.3 Å². The molecule has 0 aliphatic heterocycles. The predicted octanol–water partition coefficient (Wildman–Crippen LogP) is 4.13. The number of furan rings is 1. The zero-order valence-electron chi connectivity index (χ0n) is 13.7. The number of fused-ring (bicyclic) bond motifs is 1. The van der Waals surface area contributed by atoms with Gasteiger partial charge in [-0.1, -0.05) is 23.2 Å². The summed E-state index contributed by atoms with van der Waals surface area (Å²) in [6.07, 6.45) is 1.36. The molecule has 3 aromatic rings. The van der Waals surface area contributed by atoms with Crippen molar-refractivity contribution >= 4 is 62.8 Å². The smallest absolute Gasteiger partial charge is 0.316 e. The number of nitrogens with one attached hydrogen (secondary N) is 1. The summed E-state index contributed by atoms with van der Waals surface area (Å²) in [5.74, 6) is -0.466. The van der Waals surface area contributed by atoms with Crippen molar-refractivity contribution in [2.24, 2.45) is 5.73 Å².